The van der Waals surface area contributed by atoms with Crippen LogP contribution in [0.25, 0.3) is 11.1 Å². The molecule has 0 spiro atoms. The van der Waals surface area contributed by atoms with E-state index in [0.29, 0.717) is 19.1 Å². The molecule has 0 radical (unpaired) electrons. The van der Waals surface area contributed by atoms with Gasteiger partial charge in [0.25, 0.3) is 11.5 Å². The van der Waals surface area contributed by atoms with E-state index in [0.717, 1.165) is 71.9 Å². The number of hydrogen-bond acceptors (Lipinski definition) is 7. The third-order valence-corrected chi connectivity index (χ3v) is 10.5. The van der Waals surface area contributed by atoms with Crippen molar-refractivity contribution in [1.29, 1.82) is 5.26 Å². The number of nitrogens with zero attached hydrogens (tertiary/aromatic N) is 5. The van der Waals surface area contributed by atoms with Crippen LogP contribution in [-0.2, 0) is 31.4 Å². The summed E-state index contributed by atoms with van der Waals surface area (Å²) in [6, 6.07) is 13.0. The normalized spacial score (nSPS) is 18.8. The van der Waals surface area contributed by atoms with Gasteiger partial charge in [-0.3, -0.25) is 19.4 Å². The van der Waals surface area contributed by atoms with E-state index in [1.165, 1.54) is 16.7 Å². The minimum atomic E-state index is -0.252. The number of aromatic nitrogens is 1. The first-order chi connectivity index (χ1) is 23.7. The van der Waals surface area contributed by atoms with Gasteiger partial charge in [-0.15, -0.1) is 0 Å². The quantitative estimate of drug-likeness (QED) is 0.203. The molecule has 9 heteroatoms. The molecule has 3 aromatic rings. The number of carbonyl (C=O) groups excluding carboxylic acids is 1. The topological polar surface area (TPSA) is 91.0 Å². The SMILES string of the molecule is COc1cc(-c2cn(C)c(=O)c(C)c2C)cc(OC)c1CN1CCN(Cc2cccc3c2CCN(C(=O)C(C#N)=CC(C)(C)C)C3C)[C@@H](C)C1. The Bertz CT molecular complexity index is 1870. The molecule has 0 aliphatic carbocycles. The zero-order valence-corrected chi connectivity index (χ0v) is 31.5. The van der Waals surface area contributed by atoms with Crippen molar-refractivity contribution in [3.63, 3.8) is 0 Å². The van der Waals surface area contributed by atoms with Crippen LogP contribution in [0.5, 0.6) is 11.5 Å². The number of rotatable bonds is 8. The van der Waals surface area contributed by atoms with Gasteiger partial charge in [-0.2, -0.15) is 5.26 Å². The molecule has 266 valence electrons. The van der Waals surface area contributed by atoms with Gasteiger partial charge in [0.05, 0.1) is 25.8 Å². The average molecular weight is 680 g/mol. The zero-order valence-electron chi connectivity index (χ0n) is 31.5. The molecule has 5 rings (SSSR count). The number of hydrogen-bond donors (Lipinski definition) is 0. The molecule has 1 amide bonds. The minimum absolute atomic E-state index is 0.00902. The van der Waals surface area contributed by atoms with Crippen LogP contribution in [0.2, 0.25) is 0 Å². The van der Waals surface area contributed by atoms with Crippen molar-refractivity contribution in [3.8, 4) is 28.7 Å². The lowest BCUT2D eigenvalue weighted by molar-refractivity contribution is -0.129. The molecule has 2 aliphatic rings. The second kappa shape index (κ2) is 14.8. The number of benzene rings is 2. The number of methoxy groups -OCH3 is 2. The van der Waals surface area contributed by atoms with Crippen molar-refractivity contribution in [2.75, 3.05) is 40.4 Å². The largest absolute Gasteiger partial charge is 0.496 e. The fourth-order valence-corrected chi connectivity index (χ4v) is 7.55. The summed E-state index contributed by atoms with van der Waals surface area (Å²) in [5.41, 5.74) is 8.44. The number of carbonyl (C=O) groups is 1. The lowest BCUT2D eigenvalue weighted by atomic mass is 9.88. The molecule has 1 saturated heterocycles. The highest BCUT2D eigenvalue weighted by molar-refractivity contribution is 5.97. The van der Waals surface area contributed by atoms with Crippen LogP contribution in [0.4, 0.5) is 0 Å². The van der Waals surface area contributed by atoms with E-state index in [4.69, 9.17) is 9.47 Å². The second-order valence-corrected chi connectivity index (χ2v) is 15.1. The van der Waals surface area contributed by atoms with Gasteiger partial charge in [-0.1, -0.05) is 45.0 Å². The number of allylic oxidation sites excluding steroid dienone is 1. The van der Waals surface area contributed by atoms with Crippen molar-refractivity contribution in [3.05, 3.63) is 91.9 Å². The van der Waals surface area contributed by atoms with Gasteiger partial charge < -0.3 is 18.9 Å². The molecule has 1 unspecified atom stereocenters. The smallest absolute Gasteiger partial charge is 0.264 e. The number of amides is 1. The minimum Gasteiger partial charge on any atom is -0.496 e. The van der Waals surface area contributed by atoms with Gasteiger partial charge in [0, 0.05) is 69.7 Å². The Morgan fingerprint density at radius 2 is 1.70 bits per heavy atom. The molecule has 0 N–H and O–H groups in total. The van der Waals surface area contributed by atoms with Gasteiger partial charge in [0.15, 0.2) is 0 Å². The van der Waals surface area contributed by atoms with Crippen LogP contribution < -0.4 is 15.0 Å². The average Bonchev–Trinajstić information content (AvgIpc) is 3.08. The zero-order chi connectivity index (χ0) is 36.5. The van der Waals surface area contributed by atoms with E-state index >= 15 is 0 Å². The summed E-state index contributed by atoms with van der Waals surface area (Å²) in [5, 5.41) is 9.77. The van der Waals surface area contributed by atoms with Gasteiger partial charge in [-0.25, -0.2) is 0 Å². The lowest BCUT2D eigenvalue weighted by Crippen LogP contribution is -2.51. The first-order valence-corrected chi connectivity index (χ1v) is 17.6. The van der Waals surface area contributed by atoms with Crippen LogP contribution >= 0.6 is 0 Å². The van der Waals surface area contributed by atoms with Gasteiger partial charge in [0.1, 0.15) is 23.1 Å². The van der Waals surface area contributed by atoms with E-state index in [1.54, 1.807) is 31.9 Å². The molecule has 0 saturated carbocycles. The van der Waals surface area contributed by atoms with Crippen molar-refractivity contribution in [2.45, 2.75) is 80.1 Å². The van der Waals surface area contributed by atoms with E-state index < -0.39 is 0 Å². The third kappa shape index (κ3) is 7.52. The van der Waals surface area contributed by atoms with E-state index in [-0.39, 0.29) is 28.5 Å². The first-order valence-electron chi connectivity index (χ1n) is 17.6. The summed E-state index contributed by atoms with van der Waals surface area (Å²) in [6.07, 6.45) is 4.45. The maximum atomic E-state index is 13.4. The number of pyridine rings is 1. The van der Waals surface area contributed by atoms with Gasteiger partial charge >= 0.3 is 0 Å². The summed E-state index contributed by atoms with van der Waals surface area (Å²) in [4.78, 5) is 32.8. The Kier molecular flexibility index (Phi) is 10.9. The Morgan fingerprint density at radius 1 is 1.02 bits per heavy atom. The summed E-state index contributed by atoms with van der Waals surface area (Å²) in [7, 11) is 5.18. The molecule has 2 aromatic carbocycles. The molecule has 3 heterocycles. The predicted molar refractivity (Wildman–Crippen MR) is 198 cm³/mol. The van der Waals surface area contributed by atoms with Crippen LogP contribution in [0.1, 0.15) is 74.0 Å². The molecule has 9 nitrogen and oxygen atoms in total. The third-order valence-electron chi connectivity index (χ3n) is 10.5. The molecule has 1 fully saturated rings. The second-order valence-electron chi connectivity index (χ2n) is 15.1. The van der Waals surface area contributed by atoms with Crippen molar-refractivity contribution in [2.24, 2.45) is 12.5 Å². The fraction of sp³-hybridized carbons (Fsp3) is 0.488. The van der Waals surface area contributed by atoms with Crippen LogP contribution in [0.15, 0.2) is 53.0 Å². The van der Waals surface area contributed by atoms with Crippen LogP contribution in [0.3, 0.4) is 0 Å². The van der Waals surface area contributed by atoms with Crippen molar-refractivity contribution in [1.82, 2.24) is 19.3 Å². The fourth-order valence-electron chi connectivity index (χ4n) is 7.55. The molecule has 2 aliphatic heterocycles. The molecule has 50 heavy (non-hydrogen) atoms. The molecule has 2 atom stereocenters. The van der Waals surface area contributed by atoms with Gasteiger partial charge in [0.2, 0.25) is 0 Å². The number of ether oxygens (including phenoxy) is 2. The summed E-state index contributed by atoms with van der Waals surface area (Å²) < 4.78 is 13.5. The van der Waals surface area contributed by atoms with Crippen molar-refractivity contribution < 1.29 is 14.3 Å². The standard InChI is InChI=1S/C41H53N5O4/c1-26-22-44(25-36-37(49-9)18-31(19-38(36)50-10)35-24-43(8)39(47)28(3)27(35)2)16-17-45(26)23-30-12-11-13-33-29(4)46(15-14-34(30)33)40(48)32(21-42)20-41(5,6)7/h11-13,18-20,24,26,29H,14-17,22-23,25H2,1-10H3/t26-,29?/m0/s1. The highest BCUT2D eigenvalue weighted by Crippen LogP contribution is 2.38. The van der Waals surface area contributed by atoms with Crippen LogP contribution in [-0.4, -0.2) is 71.6 Å². The summed E-state index contributed by atoms with van der Waals surface area (Å²) >= 11 is 0. The van der Waals surface area contributed by atoms with E-state index in [1.807, 2.05) is 45.7 Å². The number of piperazine rings is 1. The number of nitriles is 1. The molecule has 0 bridgehead atoms. The van der Waals surface area contributed by atoms with E-state index in [9.17, 15) is 14.9 Å². The Hall–Kier alpha value is -4.39. The predicted octanol–water partition coefficient (Wildman–Crippen LogP) is 6.33. The Labute approximate surface area is 297 Å². The maximum Gasteiger partial charge on any atom is 0.264 e. The molecule has 1 aromatic heterocycles. The van der Waals surface area contributed by atoms with Gasteiger partial charge in [-0.05, 0) is 79.5 Å². The monoisotopic (exact) mass is 679 g/mol. The van der Waals surface area contributed by atoms with E-state index in [2.05, 4.69) is 60.0 Å². The summed E-state index contributed by atoms with van der Waals surface area (Å²) in [6.45, 7) is 19.1. The Balaban J connectivity index is 1.30. The molecular formula is C41H53N5O4. The lowest BCUT2D eigenvalue weighted by Gasteiger charge is -2.41. The number of aryl methyl sites for hydroxylation is 1. The molecular weight excluding hydrogens is 626 g/mol. The van der Waals surface area contributed by atoms with Crippen molar-refractivity contribution >= 4 is 5.91 Å². The highest BCUT2D eigenvalue weighted by atomic mass is 16.5. The first kappa shape index (κ1) is 36.9. The Morgan fingerprint density at radius 3 is 2.30 bits per heavy atom. The summed E-state index contributed by atoms with van der Waals surface area (Å²) in [5.74, 6) is 1.36. The number of fused-ring (bicyclic) bond motifs is 1. The van der Waals surface area contributed by atoms with Crippen LogP contribution in [0, 0.1) is 30.6 Å². The maximum absolute atomic E-state index is 13.4. The highest BCUT2D eigenvalue weighted by Gasteiger charge is 2.32.